The Morgan fingerprint density at radius 1 is 1.28 bits per heavy atom. The van der Waals surface area contributed by atoms with Crippen molar-refractivity contribution >= 4 is 12.0 Å². The zero-order valence-corrected chi connectivity index (χ0v) is 16.1. The molecule has 0 saturated carbocycles. The van der Waals surface area contributed by atoms with Gasteiger partial charge in [0.25, 0.3) is 0 Å². The summed E-state index contributed by atoms with van der Waals surface area (Å²) in [7, 11) is 0. The molecule has 0 aliphatic carbocycles. The summed E-state index contributed by atoms with van der Waals surface area (Å²) >= 11 is 0. The van der Waals surface area contributed by atoms with Gasteiger partial charge in [-0.25, -0.2) is 0 Å². The van der Waals surface area contributed by atoms with Crippen LogP contribution in [0.2, 0.25) is 0 Å². The van der Waals surface area contributed by atoms with Gasteiger partial charge >= 0.3 is 0 Å². The number of phenols is 1. The molecule has 10 heteroatoms. The van der Waals surface area contributed by atoms with E-state index in [-0.39, 0.29) is 17.1 Å². The van der Waals surface area contributed by atoms with Crippen molar-refractivity contribution in [1.82, 2.24) is 5.32 Å². The molecule has 162 valence electrons. The lowest BCUT2D eigenvalue weighted by Crippen LogP contribution is -2.40. The lowest BCUT2D eigenvalue weighted by molar-refractivity contribution is -0.129. The van der Waals surface area contributed by atoms with Gasteiger partial charge in [0.05, 0.1) is 25.4 Å². The van der Waals surface area contributed by atoms with E-state index in [0.29, 0.717) is 5.56 Å². The normalized spacial score (nSPS) is 25.9. The number of benzene rings is 1. The van der Waals surface area contributed by atoms with Crippen LogP contribution in [-0.4, -0.2) is 86.5 Å². The van der Waals surface area contributed by atoms with E-state index in [1.54, 1.807) is 6.07 Å². The molecule has 7 N–H and O–H groups in total. The third kappa shape index (κ3) is 5.66. The molecule has 1 aromatic rings. The Balaban J connectivity index is 2.08. The number of amides is 1. The highest BCUT2D eigenvalue weighted by atomic mass is 16.7. The van der Waals surface area contributed by atoms with Crippen molar-refractivity contribution in [3.05, 3.63) is 29.3 Å². The van der Waals surface area contributed by atoms with Gasteiger partial charge in [0.2, 0.25) is 12.2 Å². The molecule has 29 heavy (non-hydrogen) atoms. The fraction of sp³-hybridized carbons (Fsp3) is 0.526. The first-order chi connectivity index (χ1) is 13.7. The molecule has 1 saturated heterocycles. The van der Waals surface area contributed by atoms with E-state index in [0.717, 1.165) is 0 Å². The Bertz CT molecular complexity index is 732. The van der Waals surface area contributed by atoms with Gasteiger partial charge in [0.15, 0.2) is 11.5 Å². The molecule has 0 unspecified atom stereocenters. The molecule has 0 aromatic heterocycles. The van der Waals surface area contributed by atoms with Crippen LogP contribution in [0.25, 0.3) is 6.08 Å². The van der Waals surface area contributed by atoms with E-state index in [4.69, 9.17) is 19.7 Å². The number of ether oxygens (including phenoxy) is 2. The quantitative estimate of drug-likeness (QED) is 0.250. The monoisotopic (exact) mass is 413 g/mol. The Labute approximate surface area is 167 Å². The standard InChI is InChI=1S/C19H27NO9/c1-9(18(27)20-12(7-21)8-22)5-11-3-4-14(13(24)6-11)28-19-16(26)15(25)17(29-19)10(2)23/h3-6,10,12,15-17,19,21-26H,7-8H2,1-2H3,(H,20,27)/b9-5+/t10-,15-,16-,17+,19+/m0/s1. The molecule has 10 nitrogen and oxygen atoms in total. The Kier molecular flexibility index (Phi) is 7.96. The summed E-state index contributed by atoms with van der Waals surface area (Å²) in [4.78, 5) is 12.0. The summed E-state index contributed by atoms with van der Waals surface area (Å²) in [6.07, 6.45) is -4.60. The van der Waals surface area contributed by atoms with Crippen LogP contribution in [-0.2, 0) is 9.53 Å². The number of nitrogens with one attached hydrogen (secondary N) is 1. The summed E-state index contributed by atoms with van der Waals surface area (Å²) < 4.78 is 10.7. The fourth-order valence-corrected chi connectivity index (χ4v) is 2.78. The highest BCUT2D eigenvalue weighted by molar-refractivity contribution is 5.97. The Morgan fingerprint density at radius 2 is 1.93 bits per heavy atom. The van der Waals surface area contributed by atoms with Crippen molar-refractivity contribution < 1.29 is 44.9 Å². The van der Waals surface area contributed by atoms with Crippen LogP contribution in [0.4, 0.5) is 0 Å². The van der Waals surface area contributed by atoms with Crippen molar-refractivity contribution in [2.24, 2.45) is 0 Å². The van der Waals surface area contributed by atoms with Crippen LogP contribution in [0.3, 0.4) is 0 Å². The van der Waals surface area contributed by atoms with Crippen molar-refractivity contribution in [3.8, 4) is 11.5 Å². The lowest BCUT2D eigenvalue weighted by Gasteiger charge is -2.18. The van der Waals surface area contributed by atoms with Crippen LogP contribution >= 0.6 is 0 Å². The van der Waals surface area contributed by atoms with Gasteiger partial charge in [-0.3, -0.25) is 4.79 Å². The topological polar surface area (TPSA) is 169 Å². The summed E-state index contributed by atoms with van der Waals surface area (Å²) in [5, 5.41) is 60.1. The molecule has 1 heterocycles. The summed E-state index contributed by atoms with van der Waals surface area (Å²) in [6.45, 7) is 2.14. The van der Waals surface area contributed by atoms with E-state index in [2.05, 4.69) is 5.32 Å². The largest absolute Gasteiger partial charge is 0.504 e. The van der Waals surface area contributed by atoms with Gasteiger partial charge in [0.1, 0.15) is 18.3 Å². The van der Waals surface area contributed by atoms with E-state index in [9.17, 15) is 25.2 Å². The number of phenolic OH excluding ortho intramolecular Hbond substituents is 1. The second kappa shape index (κ2) is 10.0. The fourth-order valence-electron chi connectivity index (χ4n) is 2.78. The third-order valence-corrected chi connectivity index (χ3v) is 4.48. The van der Waals surface area contributed by atoms with E-state index in [1.165, 1.54) is 32.1 Å². The maximum absolute atomic E-state index is 12.0. The molecule has 1 aliphatic heterocycles. The van der Waals surface area contributed by atoms with Crippen molar-refractivity contribution in [2.45, 2.75) is 50.6 Å². The second-order valence-corrected chi connectivity index (χ2v) is 6.90. The van der Waals surface area contributed by atoms with Gasteiger partial charge in [0, 0.05) is 5.57 Å². The van der Waals surface area contributed by atoms with Crippen molar-refractivity contribution in [2.75, 3.05) is 13.2 Å². The Morgan fingerprint density at radius 3 is 2.45 bits per heavy atom. The molecule has 0 radical (unpaired) electrons. The summed E-state index contributed by atoms with van der Waals surface area (Å²) in [6, 6.07) is 3.50. The van der Waals surface area contributed by atoms with Crippen LogP contribution in [0.1, 0.15) is 19.4 Å². The maximum atomic E-state index is 12.0. The summed E-state index contributed by atoms with van der Waals surface area (Å²) in [5.41, 5.74) is 0.754. The highest BCUT2D eigenvalue weighted by Crippen LogP contribution is 2.32. The minimum Gasteiger partial charge on any atom is -0.504 e. The molecule has 1 aliphatic rings. The first kappa shape index (κ1) is 23.1. The molecule has 0 bridgehead atoms. The van der Waals surface area contributed by atoms with Gasteiger partial charge in [-0.1, -0.05) is 6.07 Å². The number of rotatable bonds is 8. The first-order valence-electron chi connectivity index (χ1n) is 9.08. The SMILES string of the molecule is C/C(=C\c1ccc(O[C@@H]2O[C@H]([C@H](C)O)[C@@H](O)[C@@H]2O)c(O)c1)C(=O)NC(CO)CO. The average molecular weight is 413 g/mol. The van der Waals surface area contributed by atoms with Crippen LogP contribution in [0.5, 0.6) is 11.5 Å². The molecule has 1 amide bonds. The van der Waals surface area contributed by atoms with Gasteiger partial charge < -0.3 is 45.4 Å². The molecule has 1 fully saturated rings. The minimum absolute atomic E-state index is 0.0210. The third-order valence-electron chi connectivity index (χ3n) is 4.48. The van der Waals surface area contributed by atoms with Crippen molar-refractivity contribution in [1.29, 1.82) is 0 Å². The first-order valence-corrected chi connectivity index (χ1v) is 9.08. The molecular formula is C19H27NO9. The van der Waals surface area contributed by atoms with Crippen LogP contribution in [0, 0.1) is 0 Å². The average Bonchev–Trinajstić information content (AvgIpc) is 2.96. The lowest BCUT2D eigenvalue weighted by atomic mass is 10.1. The second-order valence-electron chi connectivity index (χ2n) is 6.90. The summed E-state index contributed by atoms with van der Waals surface area (Å²) in [5.74, 6) is -0.799. The smallest absolute Gasteiger partial charge is 0.247 e. The zero-order valence-electron chi connectivity index (χ0n) is 16.1. The molecule has 1 aromatic carbocycles. The van der Waals surface area contributed by atoms with Crippen LogP contribution in [0.15, 0.2) is 23.8 Å². The number of hydrogen-bond donors (Lipinski definition) is 7. The van der Waals surface area contributed by atoms with E-state index < -0.39 is 55.9 Å². The maximum Gasteiger partial charge on any atom is 0.247 e. The van der Waals surface area contributed by atoms with E-state index in [1.807, 2.05) is 0 Å². The van der Waals surface area contributed by atoms with Gasteiger partial charge in [-0.2, -0.15) is 0 Å². The molecule has 2 rings (SSSR count). The predicted octanol–water partition coefficient (Wildman–Crippen LogP) is -1.53. The number of carbonyl (C=O) groups excluding carboxylic acids is 1. The molecule has 5 atom stereocenters. The Hall–Kier alpha value is -2.21. The molecular weight excluding hydrogens is 386 g/mol. The number of aliphatic hydroxyl groups excluding tert-OH is 5. The van der Waals surface area contributed by atoms with Gasteiger partial charge in [-0.15, -0.1) is 0 Å². The minimum atomic E-state index is -1.41. The van der Waals surface area contributed by atoms with Crippen LogP contribution < -0.4 is 10.1 Å². The zero-order chi connectivity index (χ0) is 21.7. The number of carbonyl (C=O) groups is 1. The molecule has 0 spiro atoms. The van der Waals surface area contributed by atoms with Crippen molar-refractivity contribution in [3.63, 3.8) is 0 Å². The number of hydrogen-bond acceptors (Lipinski definition) is 9. The van der Waals surface area contributed by atoms with Gasteiger partial charge in [-0.05, 0) is 37.6 Å². The highest BCUT2D eigenvalue weighted by Gasteiger charge is 2.46. The van der Waals surface area contributed by atoms with E-state index >= 15 is 0 Å². The number of aliphatic hydroxyl groups is 5. The number of aromatic hydroxyl groups is 1. The predicted molar refractivity (Wildman–Crippen MR) is 101 cm³/mol.